The second kappa shape index (κ2) is 8.39. The molecular weight excluding hydrogens is 373 g/mol. The predicted molar refractivity (Wildman–Crippen MR) is 96.9 cm³/mol. The van der Waals surface area contributed by atoms with Gasteiger partial charge < -0.3 is 10.1 Å². The summed E-state index contributed by atoms with van der Waals surface area (Å²) in [4.78, 5) is 0. The van der Waals surface area contributed by atoms with E-state index in [1.165, 1.54) is 14.7 Å². The molecule has 0 fully saturated rings. The zero-order chi connectivity index (χ0) is 15.1. The fraction of sp³-hybridized carbons (Fsp3) is 0.333. The van der Waals surface area contributed by atoms with Crippen LogP contribution in [0, 0.1) is 3.57 Å². The minimum atomic E-state index is 0.163. The Morgan fingerprint density at radius 3 is 2.33 bits per heavy atom. The molecule has 2 aromatic rings. The molecule has 2 aromatic carbocycles. The summed E-state index contributed by atoms with van der Waals surface area (Å²) in [7, 11) is 0. The van der Waals surface area contributed by atoms with Crippen LogP contribution in [0.15, 0.2) is 48.5 Å². The third-order valence-corrected chi connectivity index (χ3v) is 4.30. The van der Waals surface area contributed by atoms with Gasteiger partial charge in [0.1, 0.15) is 5.75 Å². The van der Waals surface area contributed by atoms with Crippen LogP contribution >= 0.6 is 22.6 Å². The van der Waals surface area contributed by atoms with Crippen LogP contribution in [0.4, 0.5) is 0 Å². The van der Waals surface area contributed by atoms with E-state index in [1.807, 2.05) is 6.07 Å². The van der Waals surface area contributed by atoms with E-state index < -0.39 is 0 Å². The lowest BCUT2D eigenvalue weighted by Crippen LogP contribution is -2.23. The first-order valence-electron chi connectivity index (χ1n) is 7.47. The zero-order valence-corrected chi connectivity index (χ0v) is 14.8. The second-order valence-electron chi connectivity index (χ2n) is 4.90. The van der Waals surface area contributed by atoms with E-state index in [2.05, 4.69) is 84.2 Å². The molecule has 1 unspecified atom stereocenters. The van der Waals surface area contributed by atoms with Crippen LogP contribution in [0.3, 0.4) is 0 Å². The van der Waals surface area contributed by atoms with E-state index in [0.717, 1.165) is 25.3 Å². The van der Waals surface area contributed by atoms with Gasteiger partial charge in [0.05, 0.1) is 12.6 Å². The normalized spacial score (nSPS) is 12.1. The second-order valence-corrected chi connectivity index (χ2v) is 6.06. The Hall–Kier alpha value is -1.07. The molecule has 0 saturated carbocycles. The number of rotatable bonds is 7. The molecule has 21 heavy (non-hydrogen) atoms. The summed E-state index contributed by atoms with van der Waals surface area (Å²) in [6.45, 7) is 5.93. The van der Waals surface area contributed by atoms with Crippen molar-refractivity contribution in [1.29, 1.82) is 0 Å². The van der Waals surface area contributed by atoms with Gasteiger partial charge in [-0.25, -0.2) is 0 Å². The molecule has 1 atom stereocenters. The first-order chi connectivity index (χ1) is 10.3. The molecule has 0 spiro atoms. The van der Waals surface area contributed by atoms with Gasteiger partial charge in [-0.2, -0.15) is 0 Å². The van der Waals surface area contributed by atoms with Gasteiger partial charge in [0.25, 0.3) is 0 Å². The molecule has 0 heterocycles. The average Bonchev–Trinajstić information content (AvgIpc) is 2.52. The summed E-state index contributed by atoms with van der Waals surface area (Å²) in [5.41, 5.74) is 2.50. The summed E-state index contributed by atoms with van der Waals surface area (Å²) < 4.78 is 7.20. The van der Waals surface area contributed by atoms with Crippen LogP contribution in [0.25, 0.3) is 0 Å². The first-order valence-corrected chi connectivity index (χ1v) is 8.55. The van der Waals surface area contributed by atoms with E-state index in [-0.39, 0.29) is 6.04 Å². The molecule has 0 amide bonds. The Morgan fingerprint density at radius 2 is 1.67 bits per heavy atom. The Bertz CT molecular complexity index is 571. The number of halogens is 1. The number of para-hydroxylation sites is 1. The van der Waals surface area contributed by atoms with Crippen molar-refractivity contribution < 1.29 is 4.74 Å². The largest absolute Gasteiger partial charge is 0.493 e. The van der Waals surface area contributed by atoms with Crippen LogP contribution in [0.2, 0.25) is 0 Å². The Labute approximate surface area is 141 Å². The number of hydrogen-bond acceptors (Lipinski definition) is 2. The fourth-order valence-corrected chi connectivity index (χ4v) is 3.06. The Morgan fingerprint density at radius 1 is 1.00 bits per heavy atom. The third-order valence-electron chi connectivity index (χ3n) is 3.32. The smallest absolute Gasteiger partial charge is 0.124 e. The SMILES string of the molecule is CCCOc1ccccc1C(NCC)c1ccccc1I. The van der Waals surface area contributed by atoms with E-state index in [9.17, 15) is 0 Å². The summed E-state index contributed by atoms with van der Waals surface area (Å²) in [6, 6.07) is 17.0. The highest BCUT2D eigenvalue weighted by Gasteiger charge is 2.19. The molecule has 1 N–H and O–H groups in total. The minimum absolute atomic E-state index is 0.163. The molecule has 0 radical (unpaired) electrons. The summed E-state index contributed by atoms with van der Waals surface area (Å²) >= 11 is 2.40. The van der Waals surface area contributed by atoms with Gasteiger partial charge in [-0.05, 0) is 53.3 Å². The molecule has 0 aromatic heterocycles. The van der Waals surface area contributed by atoms with Gasteiger partial charge in [-0.1, -0.05) is 50.2 Å². The summed E-state index contributed by atoms with van der Waals surface area (Å²) in [6.07, 6.45) is 1.02. The molecule has 3 heteroatoms. The molecule has 0 aliphatic heterocycles. The van der Waals surface area contributed by atoms with E-state index in [0.29, 0.717) is 0 Å². The molecule has 0 aliphatic rings. The van der Waals surface area contributed by atoms with Crippen molar-refractivity contribution in [2.45, 2.75) is 26.3 Å². The van der Waals surface area contributed by atoms with Gasteiger partial charge in [0.2, 0.25) is 0 Å². The molecule has 2 rings (SSSR count). The number of benzene rings is 2. The van der Waals surface area contributed by atoms with Crippen LogP contribution in [0.5, 0.6) is 5.75 Å². The lowest BCUT2D eigenvalue weighted by atomic mass is 9.98. The van der Waals surface area contributed by atoms with Crippen molar-refractivity contribution in [3.8, 4) is 5.75 Å². The van der Waals surface area contributed by atoms with Crippen molar-refractivity contribution in [1.82, 2.24) is 5.32 Å². The van der Waals surface area contributed by atoms with Crippen LogP contribution in [-0.2, 0) is 0 Å². The zero-order valence-electron chi connectivity index (χ0n) is 12.6. The number of hydrogen-bond donors (Lipinski definition) is 1. The predicted octanol–water partition coefficient (Wildman–Crippen LogP) is 4.78. The van der Waals surface area contributed by atoms with Crippen molar-refractivity contribution in [2.75, 3.05) is 13.2 Å². The molecule has 0 aliphatic carbocycles. The molecule has 0 bridgehead atoms. The fourth-order valence-electron chi connectivity index (χ4n) is 2.36. The lowest BCUT2D eigenvalue weighted by molar-refractivity contribution is 0.312. The van der Waals surface area contributed by atoms with Crippen molar-refractivity contribution >= 4 is 22.6 Å². The van der Waals surface area contributed by atoms with Crippen molar-refractivity contribution in [2.24, 2.45) is 0 Å². The van der Waals surface area contributed by atoms with E-state index >= 15 is 0 Å². The van der Waals surface area contributed by atoms with Crippen molar-refractivity contribution in [3.63, 3.8) is 0 Å². The standard InChI is InChI=1S/C18H22INO/c1-3-13-21-17-12-8-6-10-15(17)18(20-4-2)14-9-5-7-11-16(14)19/h5-12,18,20H,3-4,13H2,1-2H3. The number of nitrogens with one attached hydrogen (secondary N) is 1. The quantitative estimate of drug-likeness (QED) is 0.682. The van der Waals surface area contributed by atoms with Gasteiger partial charge in [0, 0.05) is 9.13 Å². The van der Waals surface area contributed by atoms with E-state index in [4.69, 9.17) is 4.74 Å². The molecule has 2 nitrogen and oxygen atoms in total. The maximum absolute atomic E-state index is 5.93. The topological polar surface area (TPSA) is 21.3 Å². The molecule has 112 valence electrons. The maximum Gasteiger partial charge on any atom is 0.124 e. The van der Waals surface area contributed by atoms with Crippen LogP contribution < -0.4 is 10.1 Å². The minimum Gasteiger partial charge on any atom is -0.493 e. The van der Waals surface area contributed by atoms with Crippen LogP contribution in [0.1, 0.15) is 37.4 Å². The third kappa shape index (κ3) is 4.20. The monoisotopic (exact) mass is 395 g/mol. The molecular formula is C18H22INO. The highest BCUT2D eigenvalue weighted by atomic mass is 127. The van der Waals surface area contributed by atoms with Gasteiger partial charge >= 0.3 is 0 Å². The Kier molecular flexibility index (Phi) is 6.51. The number of ether oxygens (including phenoxy) is 1. The van der Waals surface area contributed by atoms with Crippen LogP contribution in [-0.4, -0.2) is 13.2 Å². The first kappa shape index (κ1) is 16.3. The average molecular weight is 395 g/mol. The Balaban J connectivity index is 2.41. The summed E-state index contributed by atoms with van der Waals surface area (Å²) in [5, 5.41) is 3.59. The van der Waals surface area contributed by atoms with Crippen molar-refractivity contribution in [3.05, 3.63) is 63.2 Å². The highest BCUT2D eigenvalue weighted by Crippen LogP contribution is 2.32. The molecule has 0 saturated heterocycles. The van der Waals surface area contributed by atoms with Gasteiger partial charge in [-0.15, -0.1) is 0 Å². The highest BCUT2D eigenvalue weighted by molar-refractivity contribution is 14.1. The summed E-state index contributed by atoms with van der Waals surface area (Å²) in [5.74, 6) is 0.977. The van der Waals surface area contributed by atoms with Gasteiger partial charge in [-0.3, -0.25) is 0 Å². The van der Waals surface area contributed by atoms with E-state index in [1.54, 1.807) is 0 Å². The lowest BCUT2D eigenvalue weighted by Gasteiger charge is -2.23. The maximum atomic E-state index is 5.93. The van der Waals surface area contributed by atoms with Gasteiger partial charge in [0.15, 0.2) is 0 Å².